The van der Waals surface area contributed by atoms with E-state index in [0.717, 1.165) is 0 Å². The predicted octanol–water partition coefficient (Wildman–Crippen LogP) is 1.59. The highest BCUT2D eigenvalue weighted by Gasteiger charge is 2.44. The van der Waals surface area contributed by atoms with Gasteiger partial charge in [0.2, 0.25) is 0 Å². The zero-order chi connectivity index (χ0) is 20.1. The normalized spacial score (nSPS) is 13.0. The molecule has 2 N–H and O–H groups in total. The van der Waals surface area contributed by atoms with E-state index in [4.69, 9.17) is 23.7 Å². The van der Waals surface area contributed by atoms with Gasteiger partial charge in [-0.1, -0.05) is 6.92 Å². The molecule has 26 heavy (non-hydrogen) atoms. The fraction of sp³-hybridized carbons (Fsp3) is 0.833. The number of carbonyl (C=O) groups excluding carboxylic acids is 1. The van der Waals surface area contributed by atoms with Gasteiger partial charge < -0.3 is 33.9 Å². The van der Waals surface area contributed by atoms with Crippen molar-refractivity contribution in [2.24, 2.45) is 5.41 Å². The van der Waals surface area contributed by atoms with Gasteiger partial charge in [-0.15, -0.1) is 0 Å². The second-order valence-electron chi connectivity index (χ2n) is 5.59. The monoisotopic (exact) mass is 378 g/mol. The van der Waals surface area contributed by atoms with Crippen LogP contribution in [0.3, 0.4) is 0 Å². The molecular weight excluding hydrogens is 344 g/mol. The number of aliphatic hydroxyl groups excluding tert-OH is 2. The minimum Gasteiger partial charge on any atom is -0.501 e. The quantitative estimate of drug-likeness (QED) is 0.192. The topological polar surface area (TPSA) is 104 Å². The van der Waals surface area contributed by atoms with Crippen molar-refractivity contribution >= 4 is 5.97 Å². The zero-order valence-electron chi connectivity index (χ0n) is 16.6. The Balaban J connectivity index is 5.65. The maximum Gasteiger partial charge on any atom is 0.345 e. The van der Waals surface area contributed by atoms with Crippen molar-refractivity contribution in [1.82, 2.24) is 0 Å². The molecule has 8 nitrogen and oxygen atoms in total. The molecule has 0 aromatic rings. The molecule has 0 saturated carbocycles. The first-order chi connectivity index (χ1) is 12.4. The van der Waals surface area contributed by atoms with Gasteiger partial charge in [0.05, 0.1) is 25.2 Å². The maximum absolute atomic E-state index is 12.7. The van der Waals surface area contributed by atoms with Gasteiger partial charge in [0.25, 0.3) is 0 Å². The van der Waals surface area contributed by atoms with E-state index in [9.17, 15) is 15.0 Å². The van der Waals surface area contributed by atoms with Gasteiger partial charge in [-0.25, -0.2) is 4.79 Å². The lowest BCUT2D eigenvalue weighted by Gasteiger charge is -2.34. The number of ether oxygens (including phenoxy) is 5. The van der Waals surface area contributed by atoms with E-state index < -0.39 is 17.4 Å². The van der Waals surface area contributed by atoms with E-state index in [1.165, 1.54) is 6.26 Å². The number of aliphatic hydroxyl groups is 2. The van der Waals surface area contributed by atoms with E-state index in [0.29, 0.717) is 13.0 Å². The van der Waals surface area contributed by atoms with E-state index in [1.807, 2.05) is 0 Å². The zero-order valence-corrected chi connectivity index (χ0v) is 16.6. The summed E-state index contributed by atoms with van der Waals surface area (Å²) in [7, 11) is 0. The third kappa shape index (κ3) is 6.85. The second kappa shape index (κ2) is 13.1. The highest BCUT2D eigenvalue weighted by molar-refractivity contribution is 5.89. The number of rotatable bonds is 15. The first-order valence-electron chi connectivity index (χ1n) is 9.07. The van der Waals surface area contributed by atoms with Gasteiger partial charge in [-0.05, 0) is 34.1 Å². The van der Waals surface area contributed by atoms with Crippen LogP contribution in [0.4, 0.5) is 0 Å². The molecule has 0 aliphatic carbocycles. The summed E-state index contributed by atoms with van der Waals surface area (Å²) in [5, 5.41) is 19.0. The standard InChI is InChI=1S/C18H34O8/c1-6-17(12-19,13-20)14-23-16(21)15(11-22-7-2)18(24-8-3,25-9-4)26-10-5/h11,19-20H,6-10,12-14H2,1-5H3. The number of hydrogen-bond donors (Lipinski definition) is 2. The summed E-state index contributed by atoms with van der Waals surface area (Å²) < 4.78 is 27.4. The van der Waals surface area contributed by atoms with Crippen LogP contribution in [0.25, 0.3) is 0 Å². The number of esters is 1. The van der Waals surface area contributed by atoms with Crippen LogP contribution in [0, 0.1) is 5.41 Å². The Morgan fingerprint density at radius 1 is 0.885 bits per heavy atom. The van der Waals surface area contributed by atoms with Gasteiger partial charge in [-0.3, -0.25) is 0 Å². The fourth-order valence-corrected chi connectivity index (χ4v) is 2.10. The van der Waals surface area contributed by atoms with Crippen LogP contribution in [-0.2, 0) is 28.5 Å². The molecule has 0 spiro atoms. The van der Waals surface area contributed by atoms with Gasteiger partial charge in [0.15, 0.2) is 5.57 Å². The smallest absolute Gasteiger partial charge is 0.345 e. The van der Waals surface area contributed by atoms with E-state index in [2.05, 4.69) is 0 Å². The fourth-order valence-electron chi connectivity index (χ4n) is 2.10. The Labute approximate surface area is 156 Å². The number of hydrogen-bond acceptors (Lipinski definition) is 8. The minimum absolute atomic E-state index is 0.0780. The first kappa shape index (κ1) is 24.8. The van der Waals surface area contributed by atoms with Crippen molar-refractivity contribution in [1.29, 1.82) is 0 Å². The average molecular weight is 378 g/mol. The highest BCUT2D eigenvalue weighted by atomic mass is 16.9. The Morgan fingerprint density at radius 2 is 1.38 bits per heavy atom. The molecule has 8 heteroatoms. The van der Waals surface area contributed by atoms with Crippen molar-refractivity contribution in [3.8, 4) is 0 Å². The van der Waals surface area contributed by atoms with Crippen LogP contribution in [0.1, 0.15) is 41.0 Å². The lowest BCUT2D eigenvalue weighted by molar-refractivity contribution is -0.352. The van der Waals surface area contributed by atoms with Crippen LogP contribution in [0.2, 0.25) is 0 Å². The molecule has 0 bridgehead atoms. The van der Waals surface area contributed by atoms with E-state index >= 15 is 0 Å². The van der Waals surface area contributed by atoms with E-state index in [1.54, 1.807) is 34.6 Å². The molecule has 154 valence electrons. The highest BCUT2D eigenvalue weighted by Crippen LogP contribution is 2.28. The molecule has 0 saturated heterocycles. The third-order valence-corrected chi connectivity index (χ3v) is 3.85. The average Bonchev–Trinajstić information content (AvgIpc) is 2.64. The molecule has 0 aliphatic rings. The second-order valence-corrected chi connectivity index (χ2v) is 5.59. The number of carbonyl (C=O) groups is 1. The van der Waals surface area contributed by atoms with Crippen LogP contribution >= 0.6 is 0 Å². The lowest BCUT2D eigenvalue weighted by atomic mass is 9.88. The van der Waals surface area contributed by atoms with E-state index in [-0.39, 0.29) is 45.2 Å². The van der Waals surface area contributed by atoms with Crippen molar-refractivity contribution in [2.45, 2.75) is 47.0 Å². The van der Waals surface area contributed by atoms with Crippen molar-refractivity contribution in [2.75, 3.05) is 46.2 Å². The first-order valence-corrected chi connectivity index (χ1v) is 9.07. The van der Waals surface area contributed by atoms with Crippen LogP contribution < -0.4 is 0 Å². The lowest BCUT2D eigenvalue weighted by Crippen LogP contribution is -2.45. The van der Waals surface area contributed by atoms with Gasteiger partial charge in [0, 0.05) is 19.8 Å². The van der Waals surface area contributed by atoms with Crippen molar-refractivity contribution in [3.05, 3.63) is 11.8 Å². The summed E-state index contributed by atoms with van der Waals surface area (Å²) in [5.41, 5.74) is -0.997. The van der Waals surface area contributed by atoms with Crippen LogP contribution in [-0.4, -0.2) is 68.4 Å². The Bertz CT molecular complexity index is 392. The van der Waals surface area contributed by atoms with Crippen molar-refractivity contribution in [3.63, 3.8) is 0 Å². The van der Waals surface area contributed by atoms with Gasteiger partial charge in [0.1, 0.15) is 12.9 Å². The molecule has 0 fully saturated rings. The molecule has 0 aliphatic heterocycles. The molecule has 0 heterocycles. The van der Waals surface area contributed by atoms with Gasteiger partial charge >= 0.3 is 11.9 Å². The summed E-state index contributed by atoms with van der Waals surface area (Å²) in [6, 6.07) is 0. The molecule has 0 radical (unpaired) electrons. The molecular formula is C18H34O8. The summed E-state index contributed by atoms with van der Waals surface area (Å²) in [6.07, 6.45) is 1.64. The Hall–Kier alpha value is -1.19. The summed E-state index contributed by atoms with van der Waals surface area (Å²) in [6.45, 7) is 9.00. The third-order valence-electron chi connectivity index (χ3n) is 3.85. The molecule has 0 aromatic carbocycles. The molecule has 0 atom stereocenters. The summed E-state index contributed by atoms with van der Waals surface area (Å²) in [4.78, 5) is 12.7. The van der Waals surface area contributed by atoms with Crippen molar-refractivity contribution < 1.29 is 38.7 Å². The van der Waals surface area contributed by atoms with Gasteiger partial charge in [-0.2, -0.15) is 0 Å². The SMILES string of the molecule is CCOC=C(C(=O)OCC(CC)(CO)CO)C(OCC)(OCC)OCC. The minimum atomic E-state index is -1.75. The Morgan fingerprint density at radius 3 is 1.73 bits per heavy atom. The molecule has 0 rings (SSSR count). The largest absolute Gasteiger partial charge is 0.501 e. The molecule has 0 unspecified atom stereocenters. The summed E-state index contributed by atoms with van der Waals surface area (Å²) >= 11 is 0. The van der Waals surface area contributed by atoms with Crippen LogP contribution in [0.15, 0.2) is 11.8 Å². The summed E-state index contributed by atoms with van der Waals surface area (Å²) in [5.74, 6) is -2.52. The molecule has 0 amide bonds. The maximum atomic E-state index is 12.7. The molecule has 0 aromatic heterocycles. The Kier molecular flexibility index (Phi) is 12.5. The van der Waals surface area contributed by atoms with Crippen LogP contribution in [0.5, 0.6) is 0 Å². The predicted molar refractivity (Wildman–Crippen MR) is 95.2 cm³/mol.